The molecular weight excluding hydrogens is 520 g/mol. The van der Waals surface area contributed by atoms with Gasteiger partial charge in [-0.2, -0.15) is 0 Å². The van der Waals surface area contributed by atoms with Crippen LogP contribution in [0.25, 0.3) is 0 Å². The van der Waals surface area contributed by atoms with E-state index in [1.807, 2.05) is 38.1 Å². The Bertz CT molecular complexity index is 950. The molecule has 2 aromatic rings. The lowest BCUT2D eigenvalue weighted by molar-refractivity contribution is 0.181. The number of aliphatic imine (C=N–C) groups is 1. The SMILES string of the molecule is CCNC(=NCc1cc(F)ccc1CS(C)(=O)=O)NCC(O)c1ccc(C)cc1.I. The third kappa shape index (κ3) is 8.97. The number of guanidine groups is 1. The van der Waals surface area contributed by atoms with Crippen molar-refractivity contribution in [1.82, 2.24) is 10.6 Å². The molecule has 1 unspecified atom stereocenters. The van der Waals surface area contributed by atoms with Gasteiger partial charge in [0, 0.05) is 19.3 Å². The highest BCUT2D eigenvalue weighted by Gasteiger charge is 2.12. The molecule has 6 nitrogen and oxygen atoms in total. The van der Waals surface area contributed by atoms with E-state index < -0.39 is 21.8 Å². The molecule has 0 bridgehead atoms. The topological polar surface area (TPSA) is 90.8 Å². The van der Waals surface area contributed by atoms with Gasteiger partial charge in [0.2, 0.25) is 0 Å². The van der Waals surface area contributed by atoms with E-state index in [4.69, 9.17) is 0 Å². The summed E-state index contributed by atoms with van der Waals surface area (Å²) in [5.74, 6) is -0.165. The van der Waals surface area contributed by atoms with Crippen molar-refractivity contribution in [2.75, 3.05) is 19.3 Å². The lowest BCUT2D eigenvalue weighted by Gasteiger charge is -2.16. The van der Waals surface area contributed by atoms with Crippen molar-refractivity contribution in [2.24, 2.45) is 4.99 Å². The first-order valence-corrected chi connectivity index (χ1v) is 11.5. The zero-order chi connectivity index (χ0) is 21.4. The predicted molar refractivity (Wildman–Crippen MR) is 129 cm³/mol. The van der Waals surface area contributed by atoms with Gasteiger partial charge in [-0.1, -0.05) is 35.9 Å². The number of aliphatic hydroxyl groups is 1. The van der Waals surface area contributed by atoms with Crippen LogP contribution in [0, 0.1) is 12.7 Å². The third-order valence-electron chi connectivity index (χ3n) is 4.26. The van der Waals surface area contributed by atoms with E-state index in [2.05, 4.69) is 15.6 Å². The van der Waals surface area contributed by atoms with Crippen molar-refractivity contribution in [3.63, 3.8) is 0 Å². The first kappa shape index (κ1) is 26.3. The van der Waals surface area contributed by atoms with Crippen molar-refractivity contribution < 1.29 is 17.9 Å². The summed E-state index contributed by atoms with van der Waals surface area (Å²) in [6.45, 7) is 4.85. The molecule has 166 valence electrons. The highest BCUT2D eigenvalue weighted by atomic mass is 127. The van der Waals surface area contributed by atoms with Crippen molar-refractivity contribution in [3.8, 4) is 0 Å². The molecule has 2 aromatic carbocycles. The molecule has 30 heavy (non-hydrogen) atoms. The van der Waals surface area contributed by atoms with Gasteiger partial charge in [0.25, 0.3) is 0 Å². The molecule has 0 radical (unpaired) electrons. The maximum Gasteiger partial charge on any atom is 0.191 e. The number of benzene rings is 2. The lowest BCUT2D eigenvalue weighted by atomic mass is 10.1. The Balaban J connectivity index is 0.00000450. The molecule has 0 fully saturated rings. The molecule has 0 heterocycles. The quantitative estimate of drug-likeness (QED) is 0.268. The minimum Gasteiger partial charge on any atom is -0.387 e. The molecule has 0 saturated carbocycles. The highest BCUT2D eigenvalue weighted by molar-refractivity contribution is 14.0. The number of rotatable bonds is 8. The Morgan fingerprint density at radius 3 is 2.40 bits per heavy atom. The third-order valence-corrected chi connectivity index (χ3v) is 5.10. The average Bonchev–Trinajstić information content (AvgIpc) is 2.65. The van der Waals surface area contributed by atoms with Crippen LogP contribution in [0.4, 0.5) is 4.39 Å². The molecule has 2 rings (SSSR count). The van der Waals surface area contributed by atoms with Crippen molar-refractivity contribution in [2.45, 2.75) is 32.2 Å². The number of aliphatic hydroxyl groups excluding tert-OH is 1. The van der Waals surface area contributed by atoms with Crippen molar-refractivity contribution >= 4 is 39.8 Å². The fourth-order valence-corrected chi connectivity index (χ4v) is 3.62. The van der Waals surface area contributed by atoms with Crippen LogP contribution in [0.5, 0.6) is 0 Å². The van der Waals surface area contributed by atoms with E-state index in [0.717, 1.165) is 17.4 Å². The molecule has 0 spiro atoms. The number of aryl methyl sites for hydroxylation is 1. The second kappa shape index (κ2) is 12.2. The van der Waals surface area contributed by atoms with E-state index in [1.54, 1.807) is 0 Å². The number of nitrogens with zero attached hydrogens (tertiary/aromatic N) is 1. The first-order chi connectivity index (χ1) is 13.7. The highest BCUT2D eigenvalue weighted by Crippen LogP contribution is 2.16. The molecule has 0 amide bonds. The largest absolute Gasteiger partial charge is 0.387 e. The van der Waals surface area contributed by atoms with Gasteiger partial charge in [-0.3, -0.25) is 0 Å². The maximum absolute atomic E-state index is 13.7. The van der Waals surface area contributed by atoms with Gasteiger partial charge in [0.1, 0.15) is 5.82 Å². The van der Waals surface area contributed by atoms with E-state index >= 15 is 0 Å². The predicted octanol–water partition coefficient (Wildman–Crippen LogP) is 3.09. The van der Waals surface area contributed by atoms with Gasteiger partial charge in [-0.05, 0) is 42.7 Å². The van der Waals surface area contributed by atoms with Gasteiger partial charge >= 0.3 is 0 Å². The summed E-state index contributed by atoms with van der Waals surface area (Å²) in [6.07, 6.45) is 0.427. The number of nitrogens with one attached hydrogen (secondary N) is 2. The molecule has 0 aliphatic rings. The molecule has 3 N–H and O–H groups in total. The summed E-state index contributed by atoms with van der Waals surface area (Å²) < 4.78 is 36.9. The standard InChI is InChI=1S/C21H28FN3O3S.HI/c1-4-23-21(25-13-20(26)16-7-5-15(2)6-8-16)24-12-18-11-19(22)10-9-17(18)14-29(3,27)28;/h5-11,20,26H,4,12-14H2,1-3H3,(H2,23,24,25);1H. The minimum absolute atomic E-state index is 0. The fraction of sp³-hybridized carbons (Fsp3) is 0.381. The Labute approximate surface area is 194 Å². The van der Waals surface area contributed by atoms with Crippen LogP contribution in [-0.2, 0) is 22.1 Å². The van der Waals surface area contributed by atoms with E-state index in [1.165, 1.54) is 18.2 Å². The molecule has 9 heteroatoms. The zero-order valence-electron chi connectivity index (χ0n) is 17.4. The van der Waals surface area contributed by atoms with Gasteiger partial charge in [0.05, 0.1) is 18.4 Å². The molecular formula is C21H29FIN3O3S. The number of halogens is 2. The van der Waals surface area contributed by atoms with Crippen LogP contribution in [0.1, 0.15) is 35.3 Å². The Kier molecular flexibility index (Phi) is 10.7. The van der Waals surface area contributed by atoms with Gasteiger partial charge in [-0.25, -0.2) is 17.8 Å². The molecule has 1 atom stereocenters. The smallest absolute Gasteiger partial charge is 0.191 e. The first-order valence-electron chi connectivity index (χ1n) is 9.39. The Morgan fingerprint density at radius 1 is 1.13 bits per heavy atom. The average molecular weight is 549 g/mol. The van der Waals surface area contributed by atoms with E-state index in [9.17, 15) is 17.9 Å². The van der Waals surface area contributed by atoms with Crippen LogP contribution in [0.3, 0.4) is 0 Å². The molecule has 0 aliphatic carbocycles. The number of hydrogen-bond donors (Lipinski definition) is 3. The summed E-state index contributed by atoms with van der Waals surface area (Å²) in [4.78, 5) is 4.42. The monoisotopic (exact) mass is 549 g/mol. The minimum atomic E-state index is -3.25. The maximum atomic E-state index is 13.7. The summed E-state index contributed by atoms with van der Waals surface area (Å²) in [6, 6.07) is 11.6. The lowest BCUT2D eigenvalue weighted by Crippen LogP contribution is -2.39. The Hall–Kier alpha value is -1.72. The summed E-state index contributed by atoms with van der Waals surface area (Å²) in [5, 5.41) is 16.5. The second-order valence-electron chi connectivity index (χ2n) is 6.99. The van der Waals surface area contributed by atoms with Crippen molar-refractivity contribution in [1.29, 1.82) is 0 Å². The van der Waals surface area contributed by atoms with Crippen LogP contribution in [0.15, 0.2) is 47.5 Å². The van der Waals surface area contributed by atoms with Crippen LogP contribution in [0.2, 0.25) is 0 Å². The zero-order valence-corrected chi connectivity index (χ0v) is 20.5. The van der Waals surface area contributed by atoms with Crippen molar-refractivity contribution in [3.05, 3.63) is 70.5 Å². The number of sulfone groups is 1. The summed E-state index contributed by atoms with van der Waals surface area (Å²) >= 11 is 0. The fourth-order valence-electron chi connectivity index (χ4n) is 2.77. The van der Waals surface area contributed by atoms with E-state index in [-0.39, 0.29) is 42.8 Å². The Morgan fingerprint density at radius 2 is 1.80 bits per heavy atom. The van der Waals surface area contributed by atoms with Crippen LogP contribution >= 0.6 is 24.0 Å². The molecule has 0 saturated heterocycles. The van der Waals surface area contributed by atoms with Crippen LogP contribution in [-0.4, -0.2) is 38.8 Å². The number of hydrogen-bond acceptors (Lipinski definition) is 4. The second-order valence-corrected chi connectivity index (χ2v) is 9.13. The summed E-state index contributed by atoms with van der Waals surface area (Å²) in [5.41, 5.74) is 2.93. The van der Waals surface area contributed by atoms with Crippen LogP contribution < -0.4 is 10.6 Å². The van der Waals surface area contributed by atoms with Gasteiger partial charge < -0.3 is 15.7 Å². The van der Waals surface area contributed by atoms with Gasteiger partial charge in [-0.15, -0.1) is 24.0 Å². The van der Waals surface area contributed by atoms with E-state index in [0.29, 0.717) is 23.6 Å². The summed E-state index contributed by atoms with van der Waals surface area (Å²) in [7, 11) is -3.25. The van der Waals surface area contributed by atoms with Gasteiger partial charge in [0.15, 0.2) is 15.8 Å². The molecule has 0 aliphatic heterocycles. The normalized spacial score (nSPS) is 12.8. The molecule has 0 aromatic heterocycles.